The molecule has 0 spiro atoms. The van der Waals surface area contributed by atoms with Gasteiger partial charge in [-0.2, -0.15) is 0 Å². The summed E-state index contributed by atoms with van der Waals surface area (Å²) >= 11 is 0. The lowest BCUT2D eigenvalue weighted by Crippen LogP contribution is -2.24. The SMILES string of the molecule is Cc1ccc(-c2ccnc(CC3CCCN3)n2)c(C)c1. The van der Waals surface area contributed by atoms with Crippen LogP contribution in [0.1, 0.15) is 29.8 Å². The number of nitrogens with one attached hydrogen (secondary N) is 1. The lowest BCUT2D eigenvalue weighted by molar-refractivity contribution is 0.585. The zero-order chi connectivity index (χ0) is 13.9. The number of rotatable bonds is 3. The molecule has 104 valence electrons. The van der Waals surface area contributed by atoms with Gasteiger partial charge in [0.15, 0.2) is 0 Å². The Hall–Kier alpha value is -1.74. The Bertz CT molecular complexity index is 601. The van der Waals surface area contributed by atoms with Crippen molar-refractivity contribution >= 4 is 0 Å². The van der Waals surface area contributed by atoms with E-state index >= 15 is 0 Å². The molecule has 3 rings (SSSR count). The zero-order valence-electron chi connectivity index (χ0n) is 12.2. The number of aromatic nitrogens is 2. The van der Waals surface area contributed by atoms with Gasteiger partial charge in [0, 0.05) is 24.2 Å². The minimum absolute atomic E-state index is 0.546. The molecule has 1 aromatic heterocycles. The first-order chi connectivity index (χ1) is 9.72. The summed E-state index contributed by atoms with van der Waals surface area (Å²) in [6.07, 6.45) is 5.31. The van der Waals surface area contributed by atoms with E-state index in [2.05, 4.69) is 42.3 Å². The molecule has 1 fully saturated rings. The largest absolute Gasteiger partial charge is 0.314 e. The quantitative estimate of drug-likeness (QED) is 0.928. The molecule has 0 aliphatic carbocycles. The lowest BCUT2D eigenvalue weighted by Gasteiger charge is -2.11. The summed E-state index contributed by atoms with van der Waals surface area (Å²) < 4.78 is 0. The van der Waals surface area contributed by atoms with Crippen molar-refractivity contribution in [3.05, 3.63) is 47.4 Å². The van der Waals surface area contributed by atoms with Crippen LogP contribution in [-0.2, 0) is 6.42 Å². The van der Waals surface area contributed by atoms with Crippen molar-refractivity contribution in [2.24, 2.45) is 0 Å². The smallest absolute Gasteiger partial charge is 0.130 e. The predicted octanol–water partition coefficient (Wildman–Crippen LogP) is 3.05. The molecule has 3 nitrogen and oxygen atoms in total. The molecule has 3 heteroatoms. The van der Waals surface area contributed by atoms with Gasteiger partial charge in [-0.05, 0) is 44.9 Å². The number of benzene rings is 1. The van der Waals surface area contributed by atoms with Crippen molar-refractivity contribution in [3.8, 4) is 11.3 Å². The van der Waals surface area contributed by atoms with Crippen LogP contribution in [0.3, 0.4) is 0 Å². The van der Waals surface area contributed by atoms with Crippen LogP contribution in [0.25, 0.3) is 11.3 Å². The molecule has 2 aromatic rings. The van der Waals surface area contributed by atoms with E-state index in [-0.39, 0.29) is 0 Å². The predicted molar refractivity (Wildman–Crippen MR) is 81.7 cm³/mol. The Morgan fingerprint density at radius 3 is 2.90 bits per heavy atom. The van der Waals surface area contributed by atoms with Gasteiger partial charge in [-0.25, -0.2) is 9.97 Å². The summed E-state index contributed by atoms with van der Waals surface area (Å²) in [5, 5.41) is 3.50. The third-order valence-corrected chi connectivity index (χ3v) is 3.95. The molecule has 1 saturated heterocycles. The van der Waals surface area contributed by atoms with E-state index in [4.69, 9.17) is 4.98 Å². The molecule has 0 radical (unpaired) electrons. The molecule has 0 bridgehead atoms. The van der Waals surface area contributed by atoms with Crippen LogP contribution < -0.4 is 5.32 Å². The summed E-state index contributed by atoms with van der Waals surface area (Å²) in [7, 11) is 0. The van der Waals surface area contributed by atoms with E-state index in [1.807, 2.05) is 12.3 Å². The van der Waals surface area contributed by atoms with Crippen LogP contribution in [0, 0.1) is 13.8 Å². The first kappa shape index (κ1) is 13.3. The Labute approximate surface area is 120 Å². The normalized spacial score (nSPS) is 18.4. The average Bonchev–Trinajstić information content (AvgIpc) is 2.92. The van der Waals surface area contributed by atoms with Crippen LogP contribution in [0.15, 0.2) is 30.5 Å². The molecule has 1 aliphatic heterocycles. The molecule has 2 heterocycles. The number of hydrogen-bond donors (Lipinski definition) is 1. The van der Waals surface area contributed by atoms with E-state index in [1.165, 1.54) is 29.5 Å². The molecule has 1 aliphatic rings. The summed E-state index contributed by atoms with van der Waals surface area (Å²) in [6.45, 7) is 5.39. The van der Waals surface area contributed by atoms with E-state index in [0.29, 0.717) is 6.04 Å². The molecule has 1 N–H and O–H groups in total. The van der Waals surface area contributed by atoms with Crippen molar-refractivity contribution in [2.45, 2.75) is 39.2 Å². The van der Waals surface area contributed by atoms with Gasteiger partial charge in [0.25, 0.3) is 0 Å². The summed E-state index contributed by atoms with van der Waals surface area (Å²) in [5.74, 6) is 0.946. The summed E-state index contributed by atoms with van der Waals surface area (Å²) in [4.78, 5) is 9.17. The van der Waals surface area contributed by atoms with Gasteiger partial charge in [0.05, 0.1) is 5.69 Å². The highest BCUT2D eigenvalue weighted by Gasteiger charge is 2.16. The van der Waals surface area contributed by atoms with Crippen LogP contribution >= 0.6 is 0 Å². The maximum absolute atomic E-state index is 4.75. The van der Waals surface area contributed by atoms with Crippen LogP contribution in [0.4, 0.5) is 0 Å². The van der Waals surface area contributed by atoms with Gasteiger partial charge in [0.2, 0.25) is 0 Å². The number of hydrogen-bond acceptors (Lipinski definition) is 3. The molecule has 1 unspecified atom stereocenters. The summed E-state index contributed by atoms with van der Waals surface area (Å²) in [5.41, 5.74) is 4.80. The monoisotopic (exact) mass is 267 g/mol. The highest BCUT2D eigenvalue weighted by molar-refractivity contribution is 5.63. The molecule has 20 heavy (non-hydrogen) atoms. The van der Waals surface area contributed by atoms with Crippen LogP contribution in [0.2, 0.25) is 0 Å². The van der Waals surface area contributed by atoms with E-state index in [1.54, 1.807) is 0 Å². The minimum atomic E-state index is 0.546. The molecular weight excluding hydrogens is 246 g/mol. The number of aryl methyl sites for hydroxylation is 2. The highest BCUT2D eigenvalue weighted by atomic mass is 15.0. The topological polar surface area (TPSA) is 37.8 Å². The van der Waals surface area contributed by atoms with Gasteiger partial charge in [-0.15, -0.1) is 0 Å². The maximum atomic E-state index is 4.75. The van der Waals surface area contributed by atoms with Crippen LogP contribution in [0.5, 0.6) is 0 Å². The van der Waals surface area contributed by atoms with Gasteiger partial charge in [0.1, 0.15) is 5.82 Å². The second-order valence-electron chi connectivity index (χ2n) is 5.67. The standard InChI is InChI=1S/C17H21N3/c1-12-5-6-15(13(2)10-12)16-7-9-19-17(20-16)11-14-4-3-8-18-14/h5-7,9-10,14,18H,3-4,8,11H2,1-2H3. The molecule has 1 atom stereocenters. The Morgan fingerprint density at radius 1 is 1.25 bits per heavy atom. The zero-order valence-corrected chi connectivity index (χ0v) is 12.2. The molecular formula is C17H21N3. The highest BCUT2D eigenvalue weighted by Crippen LogP contribution is 2.22. The van der Waals surface area contributed by atoms with Gasteiger partial charge < -0.3 is 5.32 Å². The van der Waals surface area contributed by atoms with Crippen molar-refractivity contribution in [3.63, 3.8) is 0 Å². The third kappa shape index (κ3) is 2.88. The second-order valence-corrected chi connectivity index (χ2v) is 5.67. The molecule has 1 aromatic carbocycles. The third-order valence-electron chi connectivity index (χ3n) is 3.95. The van der Waals surface area contributed by atoms with Crippen molar-refractivity contribution in [2.75, 3.05) is 6.54 Å². The fourth-order valence-corrected chi connectivity index (χ4v) is 2.90. The van der Waals surface area contributed by atoms with Crippen molar-refractivity contribution in [1.29, 1.82) is 0 Å². The van der Waals surface area contributed by atoms with Gasteiger partial charge in [-0.1, -0.05) is 23.8 Å². The molecule has 0 amide bonds. The van der Waals surface area contributed by atoms with Crippen molar-refractivity contribution < 1.29 is 0 Å². The molecule has 0 saturated carbocycles. The number of nitrogens with zero attached hydrogens (tertiary/aromatic N) is 2. The van der Waals surface area contributed by atoms with E-state index in [0.717, 1.165) is 24.5 Å². The Kier molecular flexibility index (Phi) is 3.79. The Balaban J connectivity index is 1.86. The second kappa shape index (κ2) is 5.71. The van der Waals surface area contributed by atoms with E-state index in [9.17, 15) is 0 Å². The fraction of sp³-hybridized carbons (Fsp3) is 0.412. The lowest BCUT2D eigenvalue weighted by atomic mass is 10.0. The van der Waals surface area contributed by atoms with Gasteiger partial charge >= 0.3 is 0 Å². The first-order valence-corrected chi connectivity index (χ1v) is 7.35. The Morgan fingerprint density at radius 2 is 2.15 bits per heavy atom. The van der Waals surface area contributed by atoms with Gasteiger partial charge in [-0.3, -0.25) is 0 Å². The summed E-state index contributed by atoms with van der Waals surface area (Å²) in [6, 6.07) is 9.05. The first-order valence-electron chi connectivity index (χ1n) is 7.35. The fourth-order valence-electron chi connectivity index (χ4n) is 2.90. The van der Waals surface area contributed by atoms with E-state index < -0.39 is 0 Å². The van der Waals surface area contributed by atoms with Crippen LogP contribution in [-0.4, -0.2) is 22.6 Å². The van der Waals surface area contributed by atoms with Crippen molar-refractivity contribution in [1.82, 2.24) is 15.3 Å². The minimum Gasteiger partial charge on any atom is -0.314 e. The average molecular weight is 267 g/mol. The maximum Gasteiger partial charge on any atom is 0.130 e.